The number of aliphatic hydroxyl groups excluding tert-OH is 1. The number of alkyl halides is 2. The van der Waals surface area contributed by atoms with Gasteiger partial charge in [-0.2, -0.15) is 0 Å². The minimum absolute atomic E-state index is 0.0126. The number of fused-ring (bicyclic) bond motifs is 1. The zero-order valence-electron chi connectivity index (χ0n) is 23.3. The molecule has 1 saturated heterocycles. The maximum atomic E-state index is 15.3. The van der Waals surface area contributed by atoms with Crippen LogP contribution in [0.4, 0.5) is 29.1 Å². The standard InChI is InChI=1S/C26H29F4N8O5P/c1-42-44(40,41)13-43-20-7-16(27)15(6-17(20)28)18-5-14(9-38-12-36-21-24(31)34-11-35-25(21)38)19(8-33-18)37-4-2-3-26(32,10-37)22(39)23(29)30/h5-8,11-12,22-23,39H,2-4,9-10,13,32H2,1H3,(H,40,41)(H2,31,34,35)/t22-,26-/m1/s1. The van der Waals surface area contributed by atoms with Gasteiger partial charge in [-0.3, -0.25) is 9.55 Å². The van der Waals surface area contributed by atoms with Crippen LogP contribution in [0.2, 0.25) is 0 Å². The van der Waals surface area contributed by atoms with Gasteiger partial charge in [-0.15, -0.1) is 0 Å². The molecule has 1 unspecified atom stereocenters. The zero-order chi connectivity index (χ0) is 31.8. The van der Waals surface area contributed by atoms with Gasteiger partial charge in [-0.1, -0.05) is 0 Å². The Hall–Kier alpha value is -3.89. The predicted molar refractivity (Wildman–Crippen MR) is 151 cm³/mol. The fourth-order valence-electron chi connectivity index (χ4n) is 5.10. The van der Waals surface area contributed by atoms with E-state index in [1.807, 2.05) is 0 Å². The number of halogens is 4. The Morgan fingerprint density at radius 3 is 2.66 bits per heavy atom. The van der Waals surface area contributed by atoms with Crippen molar-refractivity contribution in [2.24, 2.45) is 5.73 Å². The van der Waals surface area contributed by atoms with Gasteiger partial charge in [0.15, 0.2) is 29.4 Å². The van der Waals surface area contributed by atoms with Gasteiger partial charge in [0.25, 0.3) is 6.43 Å². The number of anilines is 2. The summed E-state index contributed by atoms with van der Waals surface area (Å²) in [4.78, 5) is 28.0. The van der Waals surface area contributed by atoms with Crippen LogP contribution in [0.15, 0.2) is 37.1 Å². The van der Waals surface area contributed by atoms with Crippen LogP contribution in [0.5, 0.6) is 5.75 Å². The molecule has 1 aliphatic rings. The normalized spacial score (nSPS) is 19.3. The number of ether oxygens (including phenoxy) is 1. The van der Waals surface area contributed by atoms with Gasteiger partial charge in [-0.05, 0) is 30.5 Å². The summed E-state index contributed by atoms with van der Waals surface area (Å²) in [6.07, 6.45) is -1.35. The van der Waals surface area contributed by atoms with Crippen molar-refractivity contribution >= 4 is 30.3 Å². The average Bonchev–Trinajstić information content (AvgIpc) is 3.40. The molecule has 44 heavy (non-hydrogen) atoms. The second-order valence-corrected chi connectivity index (χ2v) is 12.3. The monoisotopic (exact) mass is 640 g/mol. The van der Waals surface area contributed by atoms with E-state index < -0.39 is 49.4 Å². The molecular weight excluding hydrogens is 611 g/mol. The second kappa shape index (κ2) is 12.2. The number of aliphatic hydroxyl groups is 1. The number of hydrogen-bond acceptors (Lipinski definition) is 11. The molecule has 0 saturated carbocycles. The smallest absolute Gasteiger partial charge is 0.364 e. The lowest BCUT2D eigenvalue weighted by Gasteiger charge is -2.44. The van der Waals surface area contributed by atoms with Crippen LogP contribution in [0.25, 0.3) is 22.4 Å². The average molecular weight is 641 g/mol. The summed E-state index contributed by atoms with van der Waals surface area (Å²) in [6, 6.07) is 3.04. The zero-order valence-corrected chi connectivity index (χ0v) is 24.2. The molecule has 4 aromatic rings. The van der Waals surface area contributed by atoms with Crippen molar-refractivity contribution in [3.8, 4) is 17.0 Å². The summed E-state index contributed by atoms with van der Waals surface area (Å²) in [5, 5.41) is 10.2. The van der Waals surface area contributed by atoms with Crippen molar-refractivity contribution in [3.63, 3.8) is 0 Å². The molecule has 18 heteroatoms. The minimum atomic E-state index is -4.16. The Labute approximate surface area is 248 Å². The molecule has 0 bridgehead atoms. The first-order valence-electron chi connectivity index (χ1n) is 13.2. The summed E-state index contributed by atoms with van der Waals surface area (Å²) in [6.45, 7) is 0.336. The van der Waals surface area contributed by atoms with Gasteiger partial charge in [0, 0.05) is 31.8 Å². The van der Waals surface area contributed by atoms with E-state index in [1.54, 1.807) is 9.47 Å². The molecule has 0 aliphatic carbocycles. The number of hydrogen-bond donors (Lipinski definition) is 4. The van der Waals surface area contributed by atoms with E-state index in [1.165, 1.54) is 24.9 Å². The Balaban J connectivity index is 1.55. The second-order valence-electron chi connectivity index (χ2n) is 10.4. The maximum absolute atomic E-state index is 15.3. The molecule has 1 fully saturated rings. The number of nitrogens with two attached hydrogens (primary N) is 2. The molecule has 1 aliphatic heterocycles. The Kier molecular flexibility index (Phi) is 8.77. The fraction of sp³-hybridized carbons (Fsp3) is 0.385. The number of benzene rings is 1. The van der Waals surface area contributed by atoms with Crippen molar-refractivity contribution in [2.75, 3.05) is 37.2 Å². The van der Waals surface area contributed by atoms with E-state index in [0.29, 0.717) is 35.4 Å². The van der Waals surface area contributed by atoms with E-state index in [0.717, 1.165) is 19.2 Å². The third-order valence-corrected chi connectivity index (χ3v) is 8.45. The summed E-state index contributed by atoms with van der Waals surface area (Å²) < 4.78 is 79.8. The highest BCUT2D eigenvalue weighted by Crippen LogP contribution is 2.41. The van der Waals surface area contributed by atoms with E-state index in [-0.39, 0.29) is 36.6 Å². The van der Waals surface area contributed by atoms with Crippen molar-refractivity contribution in [2.45, 2.75) is 37.5 Å². The first-order chi connectivity index (χ1) is 20.8. The Morgan fingerprint density at radius 1 is 1.16 bits per heavy atom. The highest BCUT2D eigenvalue weighted by Gasteiger charge is 2.43. The topological polar surface area (TPSA) is 188 Å². The van der Waals surface area contributed by atoms with E-state index in [4.69, 9.17) is 16.2 Å². The van der Waals surface area contributed by atoms with E-state index >= 15 is 4.39 Å². The molecule has 3 aromatic heterocycles. The third kappa shape index (κ3) is 6.32. The molecule has 0 spiro atoms. The lowest BCUT2D eigenvalue weighted by atomic mass is 9.84. The van der Waals surface area contributed by atoms with Crippen LogP contribution in [-0.2, 0) is 15.6 Å². The van der Waals surface area contributed by atoms with Gasteiger partial charge in [0.05, 0.1) is 36.0 Å². The minimum Gasteiger partial charge on any atom is -0.478 e. The SMILES string of the molecule is COP(=O)(O)COc1cc(F)c(-c2cc(Cn3cnc4c(N)ncnc43)c(N3CCC[C@](N)([C@H](O)C(F)F)C3)cn2)cc1F. The quantitative estimate of drug-likeness (QED) is 0.147. The number of nitrogens with zero attached hydrogens (tertiary/aromatic N) is 6. The molecular formula is C26H29F4N8O5P. The van der Waals surface area contributed by atoms with Crippen LogP contribution in [0, 0.1) is 11.6 Å². The highest BCUT2D eigenvalue weighted by atomic mass is 31.2. The van der Waals surface area contributed by atoms with E-state index in [2.05, 4.69) is 24.5 Å². The number of pyridine rings is 1. The Bertz CT molecular complexity index is 1730. The first-order valence-corrected chi connectivity index (χ1v) is 15.0. The molecule has 0 amide bonds. The summed E-state index contributed by atoms with van der Waals surface area (Å²) in [5.74, 6) is -2.42. The molecule has 1 aromatic carbocycles. The number of nitrogen functional groups attached to an aromatic ring is 1. The van der Waals surface area contributed by atoms with Crippen molar-refractivity contribution in [1.29, 1.82) is 0 Å². The molecule has 3 atom stereocenters. The molecule has 0 radical (unpaired) electrons. The first kappa shape index (κ1) is 31.5. The largest absolute Gasteiger partial charge is 0.478 e. The molecule has 13 nitrogen and oxygen atoms in total. The molecule has 4 heterocycles. The molecule has 5 rings (SSSR count). The highest BCUT2D eigenvalue weighted by molar-refractivity contribution is 7.52. The lowest BCUT2D eigenvalue weighted by molar-refractivity contribution is -0.0529. The third-order valence-electron chi connectivity index (χ3n) is 7.43. The van der Waals surface area contributed by atoms with Gasteiger partial charge in [0.2, 0.25) is 0 Å². The van der Waals surface area contributed by atoms with Crippen molar-refractivity contribution in [3.05, 3.63) is 54.2 Å². The van der Waals surface area contributed by atoms with Gasteiger partial charge in [0.1, 0.15) is 23.8 Å². The summed E-state index contributed by atoms with van der Waals surface area (Å²) in [7, 11) is -3.18. The fourth-order valence-corrected chi connectivity index (χ4v) is 5.50. The number of rotatable bonds is 10. The van der Waals surface area contributed by atoms with Gasteiger partial charge < -0.3 is 40.2 Å². The summed E-state index contributed by atoms with van der Waals surface area (Å²) in [5.41, 5.74) is 12.0. The van der Waals surface area contributed by atoms with Crippen molar-refractivity contribution < 1.29 is 41.4 Å². The van der Waals surface area contributed by atoms with Crippen LogP contribution in [0.3, 0.4) is 0 Å². The maximum Gasteiger partial charge on any atom is 0.364 e. The molecule has 236 valence electrons. The van der Waals surface area contributed by atoms with Crippen LogP contribution in [-0.4, -0.2) is 79.1 Å². The van der Waals surface area contributed by atoms with Gasteiger partial charge in [-0.25, -0.2) is 32.5 Å². The summed E-state index contributed by atoms with van der Waals surface area (Å²) >= 11 is 0. The van der Waals surface area contributed by atoms with Crippen LogP contribution >= 0.6 is 7.60 Å². The Morgan fingerprint density at radius 2 is 1.93 bits per heavy atom. The molecule has 6 N–H and O–H groups in total. The number of imidazole rings is 1. The predicted octanol–water partition coefficient (Wildman–Crippen LogP) is 2.89. The number of piperidine rings is 1. The number of aromatic nitrogens is 5. The van der Waals surface area contributed by atoms with E-state index in [9.17, 15) is 27.7 Å². The van der Waals surface area contributed by atoms with Crippen LogP contribution < -0.4 is 21.1 Å². The van der Waals surface area contributed by atoms with Gasteiger partial charge >= 0.3 is 7.60 Å². The van der Waals surface area contributed by atoms with Crippen LogP contribution in [0.1, 0.15) is 18.4 Å². The lowest BCUT2D eigenvalue weighted by Crippen LogP contribution is -2.63. The van der Waals surface area contributed by atoms with Crippen molar-refractivity contribution in [1.82, 2.24) is 24.5 Å².